The van der Waals surface area contributed by atoms with Crippen LogP contribution in [0.3, 0.4) is 0 Å². The van der Waals surface area contributed by atoms with Crippen molar-refractivity contribution >= 4 is 11.9 Å². The van der Waals surface area contributed by atoms with Gasteiger partial charge >= 0.3 is 5.97 Å². The minimum atomic E-state index is -0.918. The van der Waals surface area contributed by atoms with Crippen molar-refractivity contribution in [2.75, 3.05) is 13.7 Å². The van der Waals surface area contributed by atoms with Crippen LogP contribution in [0.1, 0.15) is 38.7 Å². The van der Waals surface area contributed by atoms with E-state index in [-0.39, 0.29) is 12.5 Å². The number of nitrogens with one attached hydrogen (secondary N) is 1. The lowest BCUT2D eigenvalue weighted by atomic mass is 9.97. The molecule has 0 aliphatic carbocycles. The Bertz CT molecular complexity index is 511. The number of hydrogen-bond acceptors (Lipinski definition) is 3. The highest BCUT2D eigenvalue weighted by Crippen LogP contribution is 2.21. The number of amides is 1. The fourth-order valence-electron chi connectivity index (χ4n) is 2.53. The number of carbonyl (C=O) groups excluding carboxylic acids is 1. The zero-order valence-electron chi connectivity index (χ0n) is 14.2. The van der Waals surface area contributed by atoms with Crippen molar-refractivity contribution in [1.82, 2.24) is 5.32 Å². The first-order chi connectivity index (χ1) is 11.0. The summed E-state index contributed by atoms with van der Waals surface area (Å²) in [6.07, 6.45) is 2.68. The zero-order valence-corrected chi connectivity index (χ0v) is 14.2. The molecule has 1 unspecified atom stereocenters. The molecule has 5 heteroatoms. The van der Waals surface area contributed by atoms with Crippen molar-refractivity contribution < 1.29 is 19.4 Å². The second-order valence-electron chi connectivity index (χ2n) is 5.74. The first-order valence-electron chi connectivity index (χ1n) is 8.13. The largest absolute Gasteiger partial charge is 0.496 e. The van der Waals surface area contributed by atoms with E-state index < -0.39 is 11.9 Å². The number of carboxylic acid groups (broad SMARTS) is 1. The molecule has 0 saturated carbocycles. The van der Waals surface area contributed by atoms with Crippen LogP contribution in [0, 0.1) is 11.8 Å². The molecule has 0 spiro atoms. The van der Waals surface area contributed by atoms with E-state index in [2.05, 4.69) is 19.2 Å². The van der Waals surface area contributed by atoms with E-state index in [1.807, 2.05) is 18.2 Å². The number of hydrogen-bond donors (Lipinski definition) is 2. The average Bonchev–Trinajstić information content (AvgIpc) is 2.56. The molecule has 0 aliphatic rings. The highest BCUT2D eigenvalue weighted by molar-refractivity contribution is 5.77. The van der Waals surface area contributed by atoms with Gasteiger partial charge in [-0.3, -0.25) is 9.59 Å². The van der Waals surface area contributed by atoms with Crippen molar-refractivity contribution in [2.24, 2.45) is 11.8 Å². The SMILES string of the molecule is CCC(CC)CC(=O)NCC(Cc1ccccc1OC)C(=O)O. The second-order valence-corrected chi connectivity index (χ2v) is 5.74. The average molecular weight is 321 g/mol. The third-order valence-electron chi connectivity index (χ3n) is 4.18. The molecular formula is C18H27NO4. The predicted molar refractivity (Wildman–Crippen MR) is 89.5 cm³/mol. The number of rotatable bonds is 10. The Morgan fingerprint density at radius 1 is 1.22 bits per heavy atom. The molecule has 23 heavy (non-hydrogen) atoms. The normalized spacial score (nSPS) is 12.0. The van der Waals surface area contributed by atoms with Gasteiger partial charge in [0, 0.05) is 13.0 Å². The van der Waals surface area contributed by atoms with Crippen LogP contribution in [0.25, 0.3) is 0 Å². The smallest absolute Gasteiger partial charge is 0.308 e. The van der Waals surface area contributed by atoms with E-state index in [0.717, 1.165) is 18.4 Å². The van der Waals surface area contributed by atoms with Gasteiger partial charge in [-0.1, -0.05) is 44.9 Å². The minimum absolute atomic E-state index is 0.0787. The van der Waals surface area contributed by atoms with Crippen LogP contribution in [0.5, 0.6) is 5.75 Å². The van der Waals surface area contributed by atoms with Crippen LogP contribution in [-0.2, 0) is 16.0 Å². The molecule has 0 fully saturated rings. The van der Waals surface area contributed by atoms with Gasteiger partial charge in [0.05, 0.1) is 13.0 Å². The lowest BCUT2D eigenvalue weighted by molar-refractivity contribution is -0.141. The maximum atomic E-state index is 11.9. The summed E-state index contributed by atoms with van der Waals surface area (Å²) in [5.41, 5.74) is 0.830. The van der Waals surface area contributed by atoms with Crippen molar-refractivity contribution in [3.8, 4) is 5.75 Å². The molecule has 1 atom stereocenters. The number of methoxy groups -OCH3 is 1. The molecule has 5 nitrogen and oxygen atoms in total. The quantitative estimate of drug-likeness (QED) is 0.695. The van der Waals surface area contributed by atoms with E-state index in [0.29, 0.717) is 24.5 Å². The highest BCUT2D eigenvalue weighted by Gasteiger charge is 2.21. The summed E-state index contributed by atoms with van der Waals surface area (Å²) < 4.78 is 5.25. The number of benzene rings is 1. The van der Waals surface area contributed by atoms with Gasteiger partial charge in [0.25, 0.3) is 0 Å². The summed E-state index contributed by atoms with van der Waals surface area (Å²) in [6.45, 7) is 4.25. The van der Waals surface area contributed by atoms with E-state index in [1.165, 1.54) is 0 Å². The molecule has 0 heterocycles. The maximum Gasteiger partial charge on any atom is 0.308 e. The topological polar surface area (TPSA) is 75.6 Å². The summed E-state index contributed by atoms with van der Waals surface area (Å²) in [7, 11) is 1.56. The molecule has 1 amide bonds. The Kier molecular flexibility index (Phi) is 8.16. The predicted octanol–water partition coefficient (Wildman–Crippen LogP) is 2.88. The molecule has 128 valence electrons. The Hall–Kier alpha value is -2.04. The van der Waals surface area contributed by atoms with Gasteiger partial charge < -0.3 is 15.2 Å². The molecule has 1 aromatic carbocycles. The standard InChI is InChI=1S/C18H27NO4/c1-4-13(5-2)10-17(20)19-12-15(18(21)22)11-14-8-6-7-9-16(14)23-3/h6-9,13,15H,4-5,10-12H2,1-3H3,(H,19,20)(H,21,22). The summed E-state index contributed by atoms with van der Waals surface area (Å²) in [4.78, 5) is 23.4. The molecule has 0 aliphatic heterocycles. The summed E-state index contributed by atoms with van der Waals surface area (Å²) in [5, 5.41) is 12.2. The van der Waals surface area contributed by atoms with Crippen molar-refractivity contribution in [3.63, 3.8) is 0 Å². The van der Waals surface area contributed by atoms with Gasteiger partial charge in [0.15, 0.2) is 0 Å². The molecular weight excluding hydrogens is 294 g/mol. The summed E-state index contributed by atoms with van der Waals surface area (Å²) in [6, 6.07) is 7.35. The van der Waals surface area contributed by atoms with Crippen LogP contribution in [0.15, 0.2) is 24.3 Å². The van der Waals surface area contributed by atoms with Crippen LogP contribution in [0.2, 0.25) is 0 Å². The highest BCUT2D eigenvalue weighted by atomic mass is 16.5. The number of carboxylic acids is 1. The van der Waals surface area contributed by atoms with Crippen molar-refractivity contribution in [3.05, 3.63) is 29.8 Å². The summed E-state index contributed by atoms with van der Waals surface area (Å²) in [5.74, 6) is -0.643. The van der Waals surface area contributed by atoms with Crippen LogP contribution in [0.4, 0.5) is 0 Å². The van der Waals surface area contributed by atoms with Crippen LogP contribution < -0.4 is 10.1 Å². The molecule has 0 radical (unpaired) electrons. The molecule has 2 N–H and O–H groups in total. The van der Waals surface area contributed by atoms with Crippen molar-refractivity contribution in [2.45, 2.75) is 39.5 Å². The molecule has 0 bridgehead atoms. The number of para-hydroxylation sites is 1. The molecule has 0 aromatic heterocycles. The fraction of sp³-hybridized carbons (Fsp3) is 0.556. The molecule has 1 aromatic rings. The van der Waals surface area contributed by atoms with E-state index in [1.54, 1.807) is 13.2 Å². The maximum absolute atomic E-state index is 11.9. The van der Waals surface area contributed by atoms with Gasteiger partial charge in [-0.25, -0.2) is 0 Å². The van der Waals surface area contributed by atoms with E-state index >= 15 is 0 Å². The van der Waals surface area contributed by atoms with Gasteiger partial charge in [0.1, 0.15) is 5.75 Å². The van der Waals surface area contributed by atoms with E-state index in [4.69, 9.17) is 4.74 Å². The summed E-state index contributed by atoms with van der Waals surface area (Å²) >= 11 is 0. The van der Waals surface area contributed by atoms with Crippen molar-refractivity contribution in [1.29, 1.82) is 0 Å². The Morgan fingerprint density at radius 3 is 2.43 bits per heavy atom. The number of ether oxygens (including phenoxy) is 1. The Morgan fingerprint density at radius 2 is 1.87 bits per heavy atom. The zero-order chi connectivity index (χ0) is 17.2. The third-order valence-corrected chi connectivity index (χ3v) is 4.18. The van der Waals surface area contributed by atoms with Gasteiger partial charge in [-0.05, 0) is 24.0 Å². The van der Waals surface area contributed by atoms with E-state index in [9.17, 15) is 14.7 Å². The fourth-order valence-corrected chi connectivity index (χ4v) is 2.53. The van der Waals surface area contributed by atoms with Gasteiger partial charge in [-0.2, -0.15) is 0 Å². The monoisotopic (exact) mass is 321 g/mol. The second kappa shape index (κ2) is 9.87. The minimum Gasteiger partial charge on any atom is -0.496 e. The first kappa shape index (κ1) is 19.0. The molecule has 0 saturated heterocycles. The van der Waals surface area contributed by atoms with Crippen LogP contribution >= 0.6 is 0 Å². The third kappa shape index (κ3) is 6.30. The Balaban J connectivity index is 2.62. The number of aliphatic carboxylic acids is 1. The lowest BCUT2D eigenvalue weighted by Gasteiger charge is -2.17. The van der Waals surface area contributed by atoms with Gasteiger partial charge in [0.2, 0.25) is 5.91 Å². The lowest BCUT2D eigenvalue weighted by Crippen LogP contribution is -2.34. The first-order valence-corrected chi connectivity index (χ1v) is 8.13. The Labute approximate surface area is 138 Å². The van der Waals surface area contributed by atoms with Crippen LogP contribution in [-0.4, -0.2) is 30.6 Å². The number of carbonyl (C=O) groups is 2. The molecule has 1 rings (SSSR count). The van der Waals surface area contributed by atoms with Gasteiger partial charge in [-0.15, -0.1) is 0 Å².